The molecule has 0 aliphatic heterocycles. The van der Waals surface area contributed by atoms with E-state index in [4.69, 9.17) is 0 Å². The van der Waals surface area contributed by atoms with Crippen LogP contribution >= 0.6 is 15.9 Å². The Kier molecular flexibility index (Phi) is 2.12. The lowest BCUT2D eigenvalue weighted by atomic mass is 9.92. The second kappa shape index (κ2) is 3.69. The fourth-order valence-electron chi connectivity index (χ4n) is 2.97. The van der Waals surface area contributed by atoms with Gasteiger partial charge in [-0.15, -0.1) is 0 Å². The Hall–Kier alpha value is -1.60. The lowest BCUT2D eigenvalue weighted by Crippen LogP contribution is -2.21. The maximum atomic E-state index is 3.61. The molecule has 4 rings (SSSR count). The Morgan fingerprint density at radius 3 is 2.56 bits per heavy atom. The first-order valence-electron chi connectivity index (χ1n) is 6.14. The molecular formula is C17H11Br. The van der Waals surface area contributed by atoms with Gasteiger partial charge in [-0.05, 0) is 50.9 Å². The fourth-order valence-corrected chi connectivity index (χ4v) is 3.42. The van der Waals surface area contributed by atoms with Gasteiger partial charge in [-0.1, -0.05) is 58.4 Å². The van der Waals surface area contributed by atoms with Crippen molar-refractivity contribution in [1.29, 1.82) is 0 Å². The van der Waals surface area contributed by atoms with Gasteiger partial charge in [0, 0.05) is 4.48 Å². The monoisotopic (exact) mass is 294 g/mol. The van der Waals surface area contributed by atoms with Crippen LogP contribution in [-0.2, 0) is 6.42 Å². The van der Waals surface area contributed by atoms with Crippen LogP contribution in [0.5, 0.6) is 0 Å². The van der Waals surface area contributed by atoms with E-state index in [1.54, 1.807) is 0 Å². The standard InChI is InChI=1S/C17H11Br/c18-11-9-16-14-7-3-1-5-12(14)13-6-2-4-8-15(13)17(16)10-11/h1-7,9-10H,8H2. The van der Waals surface area contributed by atoms with Gasteiger partial charge in [0.1, 0.15) is 0 Å². The highest BCUT2D eigenvalue weighted by atomic mass is 79.9. The van der Waals surface area contributed by atoms with Crippen molar-refractivity contribution in [3.8, 4) is 0 Å². The van der Waals surface area contributed by atoms with Crippen molar-refractivity contribution in [2.75, 3.05) is 0 Å². The van der Waals surface area contributed by atoms with E-state index in [1.807, 2.05) is 0 Å². The summed E-state index contributed by atoms with van der Waals surface area (Å²) < 4.78 is 1.17. The predicted molar refractivity (Wildman–Crippen MR) is 81.9 cm³/mol. The topological polar surface area (TPSA) is 0 Å². The minimum Gasteiger partial charge on any atom is -0.0801 e. The third-order valence-corrected chi connectivity index (χ3v) is 4.19. The summed E-state index contributed by atoms with van der Waals surface area (Å²) in [5.74, 6) is 0. The summed E-state index contributed by atoms with van der Waals surface area (Å²) in [4.78, 5) is 0. The van der Waals surface area contributed by atoms with Crippen LogP contribution < -0.4 is 10.4 Å². The molecule has 2 aromatic rings. The molecule has 1 heteroatoms. The molecule has 0 atom stereocenters. The first-order chi connectivity index (χ1) is 8.84. The molecule has 0 saturated carbocycles. The SMILES string of the molecule is BrC1=Cc2c3c(c4ccccc4c2=C1)=CC=CC3. The van der Waals surface area contributed by atoms with E-state index in [0.717, 1.165) is 6.42 Å². The highest BCUT2D eigenvalue weighted by Gasteiger charge is 2.14. The minimum atomic E-state index is 1.03. The van der Waals surface area contributed by atoms with Crippen LogP contribution in [-0.4, -0.2) is 0 Å². The number of fused-ring (bicyclic) bond motifs is 6. The Morgan fingerprint density at radius 1 is 0.944 bits per heavy atom. The molecule has 0 aromatic heterocycles. The van der Waals surface area contributed by atoms with Gasteiger partial charge in [-0.25, -0.2) is 0 Å². The summed E-state index contributed by atoms with van der Waals surface area (Å²) in [6.45, 7) is 0. The summed E-state index contributed by atoms with van der Waals surface area (Å²) in [7, 11) is 0. The third kappa shape index (κ3) is 1.31. The van der Waals surface area contributed by atoms with Crippen LogP contribution in [0.2, 0.25) is 0 Å². The van der Waals surface area contributed by atoms with Gasteiger partial charge in [0.05, 0.1) is 0 Å². The van der Waals surface area contributed by atoms with Gasteiger partial charge in [0.25, 0.3) is 0 Å². The molecule has 0 spiro atoms. The molecule has 0 heterocycles. The van der Waals surface area contributed by atoms with Gasteiger partial charge < -0.3 is 0 Å². The molecule has 0 radical (unpaired) electrons. The molecule has 18 heavy (non-hydrogen) atoms. The number of hydrogen-bond acceptors (Lipinski definition) is 0. The zero-order valence-corrected chi connectivity index (χ0v) is 11.4. The van der Waals surface area contributed by atoms with E-state index in [0.29, 0.717) is 0 Å². The van der Waals surface area contributed by atoms with Gasteiger partial charge in [0.15, 0.2) is 0 Å². The minimum absolute atomic E-state index is 1.03. The van der Waals surface area contributed by atoms with Crippen LogP contribution in [0.3, 0.4) is 0 Å². The zero-order chi connectivity index (χ0) is 12.1. The van der Waals surface area contributed by atoms with Crippen LogP contribution in [0.1, 0.15) is 11.1 Å². The zero-order valence-electron chi connectivity index (χ0n) is 9.78. The lowest BCUT2D eigenvalue weighted by molar-refractivity contribution is 1.22. The molecular weight excluding hydrogens is 284 g/mol. The van der Waals surface area contributed by atoms with Crippen LogP contribution in [0.4, 0.5) is 0 Å². The van der Waals surface area contributed by atoms with Crippen molar-refractivity contribution in [1.82, 2.24) is 0 Å². The molecule has 0 N–H and O–H groups in total. The maximum Gasteiger partial charge on any atom is 0.0187 e. The van der Waals surface area contributed by atoms with E-state index < -0.39 is 0 Å². The number of benzene rings is 2. The Labute approximate surface area is 114 Å². The first kappa shape index (κ1) is 10.3. The molecule has 2 aromatic carbocycles. The van der Waals surface area contributed by atoms with E-state index in [-0.39, 0.29) is 0 Å². The Bertz CT molecular complexity index is 851. The van der Waals surface area contributed by atoms with Crippen LogP contribution in [0.15, 0.2) is 40.9 Å². The third-order valence-electron chi connectivity index (χ3n) is 3.73. The number of hydrogen-bond donors (Lipinski definition) is 0. The number of halogens is 1. The lowest BCUT2D eigenvalue weighted by Gasteiger charge is -2.11. The molecule has 0 bridgehead atoms. The van der Waals surface area contributed by atoms with Crippen molar-refractivity contribution in [3.05, 3.63) is 62.5 Å². The Morgan fingerprint density at radius 2 is 1.72 bits per heavy atom. The molecule has 2 aliphatic rings. The van der Waals surface area contributed by atoms with E-state index in [2.05, 4.69) is 70.6 Å². The number of rotatable bonds is 0. The van der Waals surface area contributed by atoms with Crippen molar-refractivity contribution in [2.24, 2.45) is 0 Å². The largest absolute Gasteiger partial charge is 0.0801 e. The average molecular weight is 295 g/mol. The normalized spacial score (nSPS) is 15.7. The molecule has 0 saturated heterocycles. The van der Waals surface area contributed by atoms with Crippen LogP contribution in [0, 0.1) is 0 Å². The first-order valence-corrected chi connectivity index (χ1v) is 6.93. The smallest absolute Gasteiger partial charge is 0.0187 e. The summed E-state index contributed by atoms with van der Waals surface area (Å²) in [5.41, 5.74) is 2.84. The highest BCUT2D eigenvalue weighted by Crippen LogP contribution is 2.23. The van der Waals surface area contributed by atoms with Crippen molar-refractivity contribution in [3.63, 3.8) is 0 Å². The van der Waals surface area contributed by atoms with Crippen molar-refractivity contribution < 1.29 is 0 Å². The van der Waals surface area contributed by atoms with E-state index >= 15 is 0 Å². The summed E-state index contributed by atoms with van der Waals surface area (Å²) in [6, 6.07) is 8.69. The molecule has 0 amide bonds. The van der Waals surface area contributed by atoms with E-state index in [1.165, 1.54) is 36.8 Å². The van der Waals surface area contributed by atoms with Gasteiger partial charge in [-0.2, -0.15) is 0 Å². The van der Waals surface area contributed by atoms with Crippen LogP contribution in [0.25, 0.3) is 29.0 Å². The summed E-state index contributed by atoms with van der Waals surface area (Å²) in [5, 5.41) is 5.46. The highest BCUT2D eigenvalue weighted by molar-refractivity contribution is 9.12. The fraction of sp³-hybridized carbons (Fsp3) is 0.0588. The molecule has 0 fully saturated rings. The summed E-state index contributed by atoms with van der Waals surface area (Å²) >= 11 is 3.61. The van der Waals surface area contributed by atoms with Gasteiger partial charge in [0.2, 0.25) is 0 Å². The quantitative estimate of drug-likeness (QED) is 0.700. The molecule has 0 unspecified atom stereocenters. The second-order valence-corrected chi connectivity index (χ2v) is 5.65. The average Bonchev–Trinajstić information content (AvgIpc) is 2.81. The maximum absolute atomic E-state index is 3.61. The predicted octanol–water partition coefficient (Wildman–Crippen LogP) is 3.26. The molecule has 0 nitrogen and oxygen atoms in total. The van der Waals surface area contributed by atoms with Crippen molar-refractivity contribution in [2.45, 2.75) is 6.42 Å². The van der Waals surface area contributed by atoms with Gasteiger partial charge in [-0.3, -0.25) is 0 Å². The van der Waals surface area contributed by atoms with Crippen molar-refractivity contribution >= 4 is 44.9 Å². The second-order valence-electron chi connectivity index (χ2n) is 4.74. The molecule has 86 valence electrons. The number of allylic oxidation sites excluding steroid dienone is 3. The van der Waals surface area contributed by atoms with E-state index in [9.17, 15) is 0 Å². The molecule has 2 aliphatic carbocycles. The summed E-state index contributed by atoms with van der Waals surface area (Å²) in [6.07, 6.45) is 12.1. The van der Waals surface area contributed by atoms with Gasteiger partial charge >= 0.3 is 0 Å². The Balaban J connectivity index is 2.34.